The lowest BCUT2D eigenvalue weighted by molar-refractivity contribution is 0.112. The summed E-state index contributed by atoms with van der Waals surface area (Å²) in [6.07, 6.45) is 0.737. The second-order valence-corrected chi connectivity index (χ2v) is 4.33. The van der Waals surface area contributed by atoms with Crippen LogP contribution >= 0.6 is 11.6 Å². The molecule has 4 heteroatoms. The van der Waals surface area contributed by atoms with Gasteiger partial charge in [0.05, 0.1) is 19.2 Å². The Labute approximate surface area is 116 Å². The molecule has 0 saturated carbocycles. The van der Waals surface area contributed by atoms with Gasteiger partial charge >= 0.3 is 0 Å². The highest BCUT2D eigenvalue weighted by atomic mass is 35.5. The van der Waals surface area contributed by atoms with E-state index >= 15 is 0 Å². The van der Waals surface area contributed by atoms with E-state index in [0.717, 1.165) is 17.4 Å². The van der Waals surface area contributed by atoms with Crippen molar-refractivity contribution in [1.82, 2.24) is 0 Å². The number of rotatable bonds is 4. The van der Waals surface area contributed by atoms with Crippen molar-refractivity contribution in [2.24, 2.45) is 0 Å². The Morgan fingerprint density at radius 1 is 0.947 bits per heavy atom. The summed E-state index contributed by atoms with van der Waals surface area (Å²) in [6, 6.07) is 10.9. The van der Waals surface area contributed by atoms with Crippen LogP contribution in [0.3, 0.4) is 0 Å². The van der Waals surface area contributed by atoms with Crippen molar-refractivity contribution in [1.29, 1.82) is 0 Å². The highest BCUT2D eigenvalue weighted by Crippen LogP contribution is 2.33. The van der Waals surface area contributed by atoms with E-state index in [0.29, 0.717) is 22.1 Å². The predicted octanol–water partition coefficient (Wildman–Crippen LogP) is 3.84. The molecule has 0 N–H and O–H groups in total. The van der Waals surface area contributed by atoms with Crippen molar-refractivity contribution >= 4 is 17.9 Å². The molecule has 19 heavy (non-hydrogen) atoms. The van der Waals surface area contributed by atoms with Gasteiger partial charge in [0.15, 0.2) is 17.8 Å². The third-order valence-electron chi connectivity index (χ3n) is 2.84. The molecule has 3 nitrogen and oxygen atoms in total. The van der Waals surface area contributed by atoms with E-state index in [4.69, 9.17) is 21.1 Å². The Morgan fingerprint density at radius 2 is 1.58 bits per heavy atom. The molecule has 0 spiro atoms. The molecule has 2 aromatic rings. The lowest BCUT2D eigenvalue weighted by Crippen LogP contribution is -1.91. The third-order valence-corrected chi connectivity index (χ3v) is 3.17. The normalized spacial score (nSPS) is 10.1. The molecule has 0 heterocycles. The van der Waals surface area contributed by atoms with Crippen molar-refractivity contribution in [2.45, 2.75) is 0 Å². The molecule has 0 aliphatic carbocycles. The van der Waals surface area contributed by atoms with Crippen LogP contribution in [-0.2, 0) is 0 Å². The lowest BCUT2D eigenvalue weighted by atomic mass is 10.0. The quantitative estimate of drug-likeness (QED) is 0.796. The fourth-order valence-electron chi connectivity index (χ4n) is 1.82. The monoisotopic (exact) mass is 276 g/mol. The van der Waals surface area contributed by atoms with Crippen LogP contribution in [0.4, 0.5) is 0 Å². The minimum atomic E-state index is 0.433. The fraction of sp³-hybridized carbons (Fsp3) is 0.133. The van der Waals surface area contributed by atoms with E-state index in [1.165, 1.54) is 0 Å². The number of hydrogen-bond donors (Lipinski definition) is 0. The smallest absolute Gasteiger partial charge is 0.161 e. The van der Waals surface area contributed by atoms with Crippen LogP contribution in [0.25, 0.3) is 11.1 Å². The van der Waals surface area contributed by atoms with Gasteiger partial charge in [-0.1, -0.05) is 23.7 Å². The molecule has 0 aliphatic heterocycles. The van der Waals surface area contributed by atoms with Crippen LogP contribution in [0.1, 0.15) is 10.4 Å². The van der Waals surface area contributed by atoms with Crippen LogP contribution in [0.2, 0.25) is 5.02 Å². The maximum atomic E-state index is 10.7. The molecule has 0 unspecified atom stereocenters. The van der Waals surface area contributed by atoms with Crippen molar-refractivity contribution in [2.75, 3.05) is 14.2 Å². The van der Waals surface area contributed by atoms with Crippen LogP contribution in [0, 0.1) is 0 Å². The van der Waals surface area contributed by atoms with Gasteiger partial charge in [0.2, 0.25) is 0 Å². The van der Waals surface area contributed by atoms with Gasteiger partial charge in [-0.05, 0) is 35.4 Å². The van der Waals surface area contributed by atoms with Gasteiger partial charge in [0, 0.05) is 5.56 Å². The largest absolute Gasteiger partial charge is 0.493 e. The van der Waals surface area contributed by atoms with E-state index in [9.17, 15) is 4.79 Å². The first-order valence-electron chi connectivity index (χ1n) is 5.66. The summed E-state index contributed by atoms with van der Waals surface area (Å²) in [4.78, 5) is 10.7. The van der Waals surface area contributed by atoms with E-state index in [2.05, 4.69) is 0 Å². The summed E-state index contributed by atoms with van der Waals surface area (Å²) in [5, 5.41) is 0.433. The Balaban J connectivity index is 2.47. The standard InChI is InChI=1S/C15H13ClO3/c1-18-14-6-5-11(8-15(14)19-2)10-3-4-12(9-17)13(16)7-10/h3-9H,1-2H3. The molecule has 0 bridgehead atoms. The van der Waals surface area contributed by atoms with E-state index in [-0.39, 0.29) is 0 Å². The van der Waals surface area contributed by atoms with Crippen molar-refractivity contribution < 1.29 is 14.3 Å². The van der Waals surface area contributed by atoms with Gasteiger partial charge in [-0.2, -0.15) is 0 Å². The van der Waals surface area contributed by atoms with Gasteiger partial charge in [-0.3, -0.25) is 4.79 Å². The number of halogens is 1. The Morgan fingerprint density at radius 3 is 2.16 bits per heavy atom. The molecule has 0 atom stereocenters. The number of carbonyl (C=O) groups excluding carboxylic acids is 1. The van der Waals surface area contributed by atoms with Crippen molar-refractivity contribution in [3.05, 3.63) is 47.0 Å². The summed E-state index contributed by atoms with van der Waals surface area (Å²) in [5.41, 5.74) is 2.33. The van der Waals surface area contributed by atoms with Gasteiger partial charge in [-0.25, -0.2) is 0 Å². The van der Waals surface area contributed by atoms with Gasteiger partial charge in [0.25, 0.3) is 0 Å². The van der Waals surface area contributed by atoms with Crippen molar-refractivity contribution in [3.63, 3.8) is 0 Å². The number of carbonyl (C=O) groups is 1. The summed E-state index contributed by atoms with van der Waals surface area (Å²) in [6.45, 7) is 0. The number of aldehydes is 1. The van der Waals surface area contributed by atoms with Crippen molar-refractivity contribution in [3.8, 4) is 22.6 Å². The molecule has 2 aromatic carbocycles. The van der Waals surface area contributed by atoms with Gasteiger partial charge < -0.3 is 9.47 Å². The Kier molecular flexibility index (Phi) is 4.07. The molecule has 0 radical (unpaired) electrons. The molecule has 0 saturated heterocycles. The van der Waals surface area contributed by atoms with Gasteiger partial charge in [-0.15, -0.1) is 0 Å². The van der Waals surface area contributed by atoms with Crippen LogP contribution in [0.15, 0.2) is 36.4 Å². The molecule has 2 rings (SSSR count). The zero-order valence-corrected chi connectivity index (χ0v) is 11.4. The molecule has 0 amide bonds. The lowest BCUT2D eigenvalue weighted by Gasteiger charge is -2.10. The van der Waals surface area contributed by atoms with Crippen LogP contribution < -0.4 is 9.47 Å². The molecule has 0 aromatic heterocycles. The van der Waals surface area contributed by atoms with E-state index in [1.54, 1.807) is 26.4 Å². The highest BCUT2D eigenvalue weighted by molar-refractivity contribution is 6.33. The summed E-state index contributed by atoms with van der Waals surface area (Å²) < 4.78 is 10.4. The maximum absolute atomic E-state index is 10.7. The van der Waals surface area contributed by atoms with Gasteiger partial charge in [0.1, 0.15) is 0 Å². The second-order valence-electron chi connectivity index (χ2n) is 3.92. The zero-order chi connectivity index (χ0) is 13.8. The number of benzene rings is 2. The molecule has 0 fully saturated rings. The average Bonchev–Trinajstić information content (AvgIpc) is 2.46. The topological polar surface area (TPSA) is 35.5 Å². The Bertz CT molecular complexity index is 608. The third kappa shape index (κ3) is 2.71. The first-order chi connectivity index (χ1) is 9.19. The zero-order valence-electron chi connectivity index (χ0n) is 10.6. The number of ether oxygens (including phenoxy) is 2. The summed E-state index contributed by atoms with van der Waals surface area (Å²) >= 11 is 6.02. The fourth-order valence-corrected chi connectivity index (χ4v) is 2.04. The maximum Gasteiger partial charge on any atom is 0.161 e. The number of hydrogen-bond acceptors (Lipinski definition) is 3. The number of methoxy groups -OCH3 is 2. The summed E-state index contributed by atoms with van der Waals surface area (Å²) in [5.74, 6) is 1.32. The van der Waals surface area contributed by atoms with E-state index in [1.807, 2.05) is 24.3 Å². The van der Waals surface area contributed by atoms with E-state index < -0.39 is 0 Å². The second kappa shape index (κ2) is 5.76. The minimum Gasteiger partial charge on any atom is -0.493 e. The first-order valence-corrected chi connectivity index (χ1v) is 6.04. The molecule has 0 aliphatic rings. The molecular formula is C15H13ClO3. The highest BCUT2D eigenvalue weighted by Gasteiger charge is 2.07. The average molecular weight is 277 g/mol. The van der Waals surface area contributed by atoms with Crippen LogP contribution in [0.5, 0.6) is 11.5 Å². The predicted molar refractivity (Wildman–Crippen MR) is 75.4 cm³/mol. The Hall–Kier alpha value is -2.00. The SMILES string of the molecule is COc1ccc(-c2ccc(C=O)c(Cl)c2)cc1OC. The minimum absolute atomic E-state index is 0.433. The first kappa shape index (κ1) is 13.4. The molecular weight excluding hydrogens is 264 g/mol. The molecule has 98 valence electrons. The van der Waals surface area contributed by atoms with Crippen LogP contribution in [-0.4, -0.2) is 20.5 Å². The summed E-state index contributed by atoms with van der Waals surface area (Å²) in [7, 11) is 3.18.